The summed E-state index contributed by atoms with van der Waals surface area (Å²) in [5.74, 6) is -0.158. The summed E-state index contributed by atoms with van der Waals surface area (Å²) >= 11 is 7.44. The van der Waals surface area contributed by atoms with E-state index in [4.69, 9.17) is 11.6 Å². The van der Waals surface area contributed by atoms with Gasteiger partial charge in [0.2, 0.25) is 0 Å². The maximum absolute atomic E-state index is 12.3. The van der Waals surface area contributed by atoms with Crippen LogP contribution < -0.4 is 5.32 Å². The summed E-state index contributed by atoms with van der Waals surface area (Å²) in [6.07, 6.45) is 0.912. The molecule has 1 N–H and O–H groups in total. The van der Waals surface area contributed by atoms with Gasteiger partial charge >= 0.3 is 0 Å². The van der Waals surface area contributed by atoms with Gasteiger partial charge in [-0.1, -0.05) is 41.9 Å². The summed E-state index contributed by atoms with van der Waals surface area (Å²) in [6, 6.07) is 17.3. The van der Waals surface area contributed by atoms with Crippen molar-refractivity contribution in [2.75, 3.05) is 11.9 Å². The predicted octanol–water partition coefficient (Wildman–Crippen LogP) is 4.61. The first-order valence-electron chi connectivity index (χ1n) is 8.49. The van der Waals surface area contributed by atoms with Crippen molar-refractivity contribution in [1.29, 1.82) is 0 Å². The van der Waals surface area contributed by atoms with Gasteiger partial charge in [-0.2, -0.15) is 0 Å². The summed E-state index contributed by atoms with van der Waals surface area (Å²) in [5.41, 5.74) is 3.00. The number of hydrogen-bond donors (Lipinski definition) is 1. The minimum absolute atomic E-state index is 0.158. The molecule has 0 saturated heterocycles. The van der Waals surface area contributed by atoms with E-state index in [1.54, 1.807) is 35.6 Å². The average Bonchev–Trinajstić information content (AvgIpc) is 3.04. The van der Waals surface area contributed by atoms with E-state index in [9.17, 15) is 4.79 Å². The Labute approximate surface area is 161 Å². The first kappa shape index (κ1) is 17.2. The third-order valence-electron chi connectivity index (χ3n) is 4.39. The van der Waals surface area contributed by atoms with E-state index in [1.165, 1.54) is 10.4 Å². The number of carbonyl (C=O) groups excluding carboxylic acids is 1. The normalized spacial score (nSPS) is 14.0. The van der Waals surface area contributed by atoms with Crippen LogP contribution in [0, 0.1) is 0 Å². The fraction of sp³-hybridized carbons (Fsp3) is 0.200. The van der Waals surface area contributed by atoms with Gasteiger partial charge < -0.3 is 0 Å². The lowest BCUT2D eigenvalue weighted by atomic mass is 10.1. The van der Waals surface area contributed by atoms with Gasteiger partial charge in [0.05, 0.1) is 5.69 Å². The second-order valence-corrected chi connectivity index (χ2v) is 7.82. The van der Waals surface area contributed by atoms with Gasteiger partial charge in [-0.15, -0.1) is 11.3 Å². The summed E-state index contributed by atoms with van der Waals surface area (Å²) in [6.45, 7) is 2.79. The molecule has 2 aromatic carbocycles. The van der Waals surface area contributed by atoms with Crippen LogP contribution >= 0.6 is 22.9 Å². The zero-order chi connectivity index (χ0) is 17.9. The molecule has 0 atom stereocenters. The Morgan fingerprint density at radius 3 is 2.69 bits per heavy atom. The molecule has 1 amide bonds. The largest absolute Gasteiger partial charge is 0.298 e. The lowest BCUT2D eigenvalue weighted by molar-refractivity contribution is 0.102. The van der Waals surface area contributed by atoms with Crippen LogP contribution in [0.25, 0.3) is 0 Å². The molecule has 26 heavy (non-hydrogen) atoms. The SMILES string of the molecule is O=C(Nc1nc2c(s1)CN(Cc1ccccc1)CC2)c1ccc(Cl)cc1. The van der Waals surface area contributed by atoms with Crippen LogP contribution in [-0.4, -0.2) is 22.3 Å². The lowest BCUT2D eigenvalue weighted by Crippen LogP contribution is -2.29. The molecule has 0 unspecified atom stereocenters. The summed E-state index contributed by atoms with van der Waals surface area (Å²) in [4.78, 5) is 20.6. The van der Waals surface area contributed by atoms with E-state index in [-0.39, 0.29) is 5.91 Å². The molecule has 4 rings (SSSR count). The highest BCUT2D eigenvalue weighted by atomic mass is 35.5. The number of fused-ring (bicyclic) bond motifs is 1. The molecular formula is C20H18ClN3OS. The van der Waals surface area contributed by atoms with Crippen molar-refractivity contribution in [3.63, 3.8) is 0 Å². The molecule has 4 nitrogen and oxygen atoms in total. The Hall–Kier alpha value is -2.21. The van der Waals surface area contributed by atoms with Crippen molar-refractivity contribution in [3.8, 4) is 0 Å². The lowest BCUT2D eigenvalue weighted by Gasteiger charge is -2.25. The van der Waals surface area contributed by atoms with Gasteiger partial charge in [0.1, 0.15) is 0 Å². The van der Waals surface area contributed by atoms with E-state index < -0.39 is 0 Å². The van der Waals surface area contributed by atoms with Crippen LogP contribution in [0.3, 0.4) is 0 Å². The van der Waals surface area contributed by atoms with Crippen LogP contribution in [0.2, 0.25) is 5.02 Å². The number of thiazole rings is 1. The number of anilines is 1. The second-order valence-electron chi connectivity index (χ2n) is 6.30. The zero-order valence-electron chi connectivity index (χ0n) is 14.1. The maximum atomic E-state index is 12.3. The van der Waals surface area contributed by atoms with Crippen molar-refractivity contribution in [2.45, 2.75) is 19.5 Å². The van der Waals surface area contributed by atoms with Gasteiger partial charge in [0.25, 0.3) is 5.91 Å². The third-order valence-corrected chi connectivity index (χ3v) is 5.64. The number of aromatic nitrogens is 1. The monoisotopic (exact) mass is 383 g/mol. The standard InChI is InChI=1S/C20H18ClN3OS/c21-16-8-6-15(7-9-16)19(25)23-20-22-17-10-11-24(13-18(17)26-20)12-14-4-2-1-3-5-14/h1-9H,10-13H2,(H,22,23,25). The number of rotatable bonds is 4. The topological polar surface area (TPSA) is 45.2 Å². The van der Waals surface area contributed by atoms with Gasteiger partial charge in [-0.3, -0.25) is 15.0 Å². The third kappa shape index (κ3) is 3.96. The van der Waals surface area contributed by atoms with E-state index in [2.05, 4.69) is 39.5 Å². The van der Waals surface area contributed by atoms with Crippen molar-refractivity contribution in [2.24, 2.45) is 0 Å². The molecule has 0 bridgehead atoms. The molecule has 1 aliphatic rings. The van der Waals surface area contributed by atoms with Crippen molar-refractivity contribution >= 4 is 34.0 Å². The number of carbonyl (C=O) groups is 1. The highest BCUT2D eigenvalue weighted by Gasteiger charge is 2.21. The number of nitrogens with one attached hydrogen (secondary N) is 1. The minimum Gasteiger partial charge on any atom is -0.298 e. The molecule has 0 radical (unpaired) electrons. The Kier molecular flexibility index (Phi) is 5.02. The van der Waals surface area contributed by atoms with E-state index in [0.717, 1.165) is 31.7 Å². The number of hydrogen-bond acceptors (Lipinski definition) is 4. The van der Waals surface area contributed by atoms with Gasteiger partial charge in [0.15, 0.2) is 5.13 Å². The van der Waals surface area contributed by atoms with Crippen LogP contribution in [0.15, 0.2) is 54.6 Å². The van der Waals surface area contributed by atoms with E-state index in [0.29, 0.717) is 15.7 Å². The average molecular weight is 384 g/mol. The van der Waals surface area contributed by atoms with Crippen molar-refractivity contribution in [1.82, 2.24) is 9.88 Å². The minimum atomic E-state index is -0.158. The molecule has 3 aromatic rings. The zero-order valence-corrected chi connectivity index (χ0v) is 15.7. The Bertz CT molecular complexity index is 909. The number of amides is 1. The van der Waals surface area contributed by atoms with Gasteiger partial charge in [-0.05, 0) is 29.8 Å². The smallest absolute Gasteiger partial charge is 0.257 e. The summed E-state index contributed by atoms with van der Waals surface area (Å²) < 4.78 is 0. The molecule has 0 fully saturated rings. The highest BCUT2D eigenvalue weighted by molar-refractivity contribution is 7.15. The van der Waals surface area contributed by atoms with Crippen LogP contribution in [0.1, 0.15) is 26.5 Å². The Morgan fingerprint density at radius 2 is 1.92 bits per heavy atom. The Morgan fingerprint density at radius 1 is 1.15 bits per heavy atom. The molecule has 6 heteroatoms. The number of benzene rings is 2. The molecule has 2 heterocycles. The molecule has 0 aliphatic carbocycles. The first-order valence-corrected chi connectivity index (χ1v) is 9.68. The Balaban J connectivity index is 1.42. The van der Waals surface area contributed by atoms with Crippen LogP contribution in [0.5, 0.6) is 0 Å². The summed E-state index contributed by atoms with van der Waals surface area (Å²) in [7, 11) is 0. The molecule has 0 spiro atoms. The maximum Gasteiger partial charge on any atom is 0.257 e. The van der Waals surface area contributed by atoms with Gasteiger partial charge in [-0.25, -0.2) is 4.98 Å². The summed E-state index contributed by atoms with van der Waals surface area (Å²) in [5, 5.41) is 4.19. The number of halogens is 1. The second kappa shape index (κ2) is 7.58. The molecular weight excluding hydrogens is 366 g/mol. The predicted molar refractivity (Wildman–Crippen MR) is 106 cm³/mol. The highest BCUT2D eigenvalue weighted by Crippen LogP contribution is 2.29. The van der Waals surface area contributed by atoms with Crippen LogP contribution in [0.4, 0.5) is 5.13 Å². The van der Waals surface area contributed by atoms with E-state index >= 15 is 0 Å². The van der Waals surface area contributed by atoms with Gasteiger partial charge in [0, 0.05) is 41.5 Å². The van der Waals surface area contributed by atoms with Crippen LogP contribution in [-0.2, 0) is 19.5 Å². The molecule has 132 valence electrons. The fourth-order valence-electron chi connectivity index (χ4n) is 3.05. The van der Waals surface area contributed by atoms with Crippen molar-refractivity contribution in [3.05, 3.63) is 81.3 Å². The molecule has 1 aromatic heterocycles. The van der Waals surface area contributed by atoms with Crippen molar-refractivity contribution < 1.29 is 4.79 Å². The number of nitrogens with zero attached hydrogens (tertiary/aromatic N) is 2. The quantitative estimate of drug-likeness (QED) is 0.715. The first-order chi connectivity index (χ1) is 12.7. The molecule has 1 aliphatic heterocycles. The van der Waals surface area contributed by atoms with E-state index in [1.807, 2.05) is 6.07 Å². The molecule has 0 saturated carbocycles. The fourth-order valence-corrected chi connectivity index (χ4v) is 4.22.